The molecule has 9 heteroatoms. The van der Waals surface area contributed by atoms with Crippen LogP contribution in [0.25, 0.3) is 22.2 Å². The lowest BCUT2D eigenvalue weighted by molar-refractivity contribution is -0.119. The molecular weight excluding hydrogens is 476 g/mol. The Labute approximate surface area is 208 Å². The Morgan fingerprint density at radius 3 is 2.33 bits per heavy atom. The van der Waals surface area contributed by atoms with Gasteiger partial charge < -0.3 is 0 Å². The summed E-state index contributed by atoms with van der Waals surface area (Å²) in [6, 6.07) is 24.5. The van der Waals surface area contributed by atoms with Gasteiger partial charge in [0, 0.05) is 10.9 Å². The summed E-state index contributed by atoms with van der Waals surface area (Å²) in [5, 5.41) is 9.44. The summed E-state index contributed by atoms with van der Waals surface area (Å²) in [6.45, 7) is 1.98. The second-order valence-corrected chi connectivity index (χ2v) is 10.3. The van der Waals surface area contributed by atoms with Gasteiger partial charge in [-0.25, -0.2) is 13.4 Å². The van der Waals surface area contributed by atoms with Crippen LogP contribution >= 0.6 is 0 Å². The third kappa shape index (κ3) is 5.92. The number of rotatable bonds is 6. The van der Waals surface area contributed by atoms with Crippen molar-refractivity contribution in [3.63, 3.8) is 0 Å². The maximum absolute atomic E-state index is 13.0. The molecular formula is C27H22N4O4S. The van der Waals surface area contributed by atoms with E-state index in [1.807, 2.05) is 43.3 Å². The summed E-state index contributed by atoms with van der Waals surface area (Å²) < 4.78 is 24.9. The first-order valence-electron chi connectivity index (χ1n) is 11.0. The van der Waals surface area contributed by atoms with Crippen LogP contribution in [0.1, 0.15) is 27.0 Å². The number of hydrogen-bond acceptors (Lipinski definition) is 6. The van der Waals surface area contributed by atoms with Crippen molar-refractivity contribution < 1.29 is 18.0 Å². The fourth-order valence-corrected chi connectivity index (χ4v) is 4.92. The van der Waals surface area contributed by atoms with Crippen molar-refractivity contribution in [3.05, 3.63) is 101 Å². The number of nitrogens with one attached hydrogen (secondary N) is 2. The highest BCUT2D eigenvalue weighted by atomic mass is 32.2. The number of hydrazine groups is 1. The van der Waals surface area contributed by atoms with Crippen molar-refractivity contribution in [2.75, 3.05) is 5.75 Å². The summed E-state index contributed by atoms with van der Waals surface area (Å²) in [6.07, 6.45) is 0. The molecule has 180 valence electrons. The summed E-state index contributed by atoms with van der Waals surface area (Å²) in [5.74, 6) is -2.64. The van der Waals surface area contributed by atoms with Gasteiger partial charge in [-0.05, 0) is 36.8 Å². The second kappa shape index (κ2) is 10.4. The fourth-order valence-electron chi connectivity index (χ4n) is 3.65. The van der Waals surface area contributed by atoms with Crippen molar-refractivity contribution in [1.82, 2.24) is 15.8 Å². The Morgan fingerprint density at radius 1 is 0.944 bits per heavy atom. The Hall–Kier alpha value is -4.55. The fraction of sp³-hybridized carbons (Fsp3) is 0.111. The highest BCUT2D eigenvalue weighted by molar-refractivity contribution is 7.91. The average Bonchev–Trinajstić information content (AvgIpc) is 2.87. The Morgan fingerprint density at radius 2 is 1.64 bits per heavy atom. The van der Waals surface area contributed by atoms with Gasteiger partial charge in [0.25, 0.3) is 11.8 Å². The van der Waals surface area contributed by atoms with Crippen molar-refractivity contribution in [1.29, 1.82) is 5.26 Å². The molecule has 4 rings (SSSR count). The van der Waals surface area contributed by atoms with E-state index in [2.05, 4.69) is 15.8 Å². The monoisotopic (exact) mass is 498 g/mol. The molecule has 0 spiro atoms. The number of carbonyl (C=O) groups excluding carboxylic acids is 2. The van der Waals surface area contributed by atoms with Gasteiger partial charge in [-0.2, -0.15) is 5.26 Å². The molecule has 0 saturated heterocycles. The molecule has 4 aromatic rings. The molecule has 0 unspecified atom stereocenters. The predicted molar refractivity (Wildman–Crippen MR) is 136 cm³/mol. The minimum atomic E-state index is -3.80. The Bertz CT molecular complexity index is 1590. The minimum Gasteiger partial charge on any atom is -0.272 e. The van der Waals surface area contributed by atoms with Crippen LogP contribution in [-0.2, 0) is 20.4 Å². The molecule has 0 saturated carbocycles. The van der Waals surface area contributed by atoms with Crippen LogP contribution < -0.4 is 10.9 Å². The number of pyridine rings is 1. The second-order valence-electron chi connectivity index (χ2n) is 8.28. The number of hydrogen-bond donors (Lipinski definition) is 2. The number of fused-ring (bicyclic) bond motifs is 1. The number of nitrogens with zero attached hydrogens (tertiary/aromatic N) is 2. The number of aryl methyl sites for hydroxylation is 1. The molecule has 0 aliphatic heterocycles. The SMILES string of the molecule is Cc1ccc(-c2cc(C(=O)NNC(=O)CS(=O)(=O)Cc3ccc(C#N)cc3)c3ccccc3n2)cc1. The lowest BCUT2D eigenvalue weighted by atomic mass is 10.0. The number of aromatic nitrogens is 1. The molecule has 0 aliphatic carbocycles. The number of para-hydroxylation sites is 1. The highest BCUT2D eigenvalue weighted by Crippen LogP contribution is 2.25. The van der Waals surface area contributed by atoms with Gasteiger partial charge in [0.15, 0.2) is 9.84 Å². The Balaban J connectivity index is 1.47. The molecule has 36 heavy (non-hydrogen) atoms. The molecule has 2 amide bonds. The predicted octanol–water partition coefficient (Wildman–Crippen LogP) is 3.46. The van der Waals surface area contributed by atoms with Crippen LogP contribution in [0.4, 0.5) is 0 Å². The molecule has 0 bridgehead atoms. The molecule has 0 aliphatic rings. The normalized spacial score (nSPS) is 11.0. The topological polar surface area (TPSA) is 129 Å². The van der Waals surface area contributed by atoms with E-state index in [9.17, 15) is 18.0 Å². The van der Waals surface area contributed by atoms with Crippen molar-refractivity contribution in [2.24, 2.45) is 0 Å². The first-order valence-corrected chi connectivity index (χ1v) is 12.8. The van der Waals surface area contributed by atoms with Crippen LogP contribution in [0.3, 0.4) is 0 Å². The van der Waals surface area contributed by atoms with Crippen molar-refractivity contribution in [3.8, 4) is 17.3 Å². The molecule has 1 heterocycles. The van der Waals surface area contributed by atoms with Gasteiger partial charge >= 0.3 is 0 Å². The summed E-state index contributed by atoms with van der Waals surface area (Å²) in [5.41, 5.74) is 8.78. The van der Waals surface area contributed by atoms with E-state index in [0.717, 1.165) is 11.1 Å². The smallest absolute Gasteiger partial charge is 0.270 e. The number of nitriles is 1. The van der Waals surface area contributed by atoms with Gasteiger partial charge in [-0.3, -0.25) is 20.4 Å². The van der Waals surface area contributed by atoms with Gasteiger partial charge in [-0.15, -0.1) is 0 Å². The maximum Gasteiger partial charge on any atom is 0.270 e. The first-order chi connectivity index (χ1) is 17.2. The van der Waals surface area contributed by atoms with Gasteiger partial charge in [0.2, 0.25) is 0 Å². The first kappa shape index (κ1) is 24.6. The van der Waals surface area contributed by atoms with E-state index >= 15 is 0 Å². The maximum atomic E-state index is 13.0. The van der Waals surface area contributed by atoms with E-state index in [0.29, 0.717) is 27.7 Å². The number of carbonyl (C=O) groups is 2. The van der Waals surface area contributed by atoms with Crippen LogP contribution in [-0.4, -0.2) is 31.0 Å². The van der Waals surface area contributed by atoms with Crippen LogP contribution in [0.5, 0.6) is 0 Å². The zero-order chi connectivity index (χ0) is 25.7. The van der Waals surface area contributed by atoms with Crippen LogP contribution in [0.15, 0.2) is 78.9 Å². The average molecular weight is 499 g/mol. The molecule has 0 atom stereocenters. The summed E-state index contributed by atoms with van der Waals surface area (Å²) in [4.78, 5) is 29.9. The van der Waals surface area contributed by atoms with E-state index in [-0.39, 0.29) is 11.3 Å². The largest absolute Gasteiger partial charge is 0.272 e. The number of sulfone groups is 1. The van der Waals surface area contributed by atoms with E-state index in [1.54, 1.807) is 24.3 Å². The molecule has 3 aromatic carbocycles. The zero-order valence-corrected chi connectivity index (χ0v) is 20.2. The quantitative estimate of drug-likeness (QED) is 0.392. The molecule has 1 aromatic heterocycles. The summed E-state index contributed by atoms with van der Waals surface area (Å²) >= 11 is 0. The highest BCUT2D eigenvalue weighted by Gasteiger charge is 2.19. The van der Waals surface area contributed by atoms with E-state index < -0.39 is 27.4 Å². The molecule has 0 radical (unpaired) electrons. The summed E-state index contributed by atoms with van der Waals surface area (Å²) in [7, 11) is -3.80. The van der Waals surface area contributed by atoms with Gasteiger partial charge in [0.05, 0.1) is 34.2 Å². The van der Waals surface area contributed by atoms with Crippen molar-refractivity contribution in [2.45, 2.75) is 12.7 Å². The standard InChI is InChI=1S/C27H22N4O4S/c1-18-6-12-21(13-7-18)25-14-23(22-4-2-3-5-24(22)29-25)27(33)31-30-26(32)17-36(34,35)16-20-10-8-19(15-28)9-11-20/h2-14H,16-17H2,1H3,(H,30,32)(H,31,33). The lowest BCUT2D eigenvalue weighted by Gasteiger charge is -2.12. The van der Waals surface area contributed by atoms with Gasteiger partial charge in [0.1, 0.15) is 5.75 Å². The molecule has 2 N–H and O–H groups in total. The zero-order valence-electron chi connectivity index (χ0n) is 19.4. The van der Waals surface area contributed by atoms with E-state index in [1.165, 1.54) is 24.3 Å². The Kier molecular flexibility index (Phi) is 7.08. The molecule has 0 fully saturated rings. The number of benzene rings is 3. The third-order valence-corrected chi connectivity index (χ3v) is 6.92. The van der Waals surface area contributed by atoms with Crippen molar-refractivity contribution >= 4 is 32.6 Å². The minimum absolute atomic E-state index is 0.289. The van der Waals surface area contributed by atoms with Gasteiger partial charge in [-0.1, -0.05) is 60.2 Å². The van der Waals surface area contributed by atoms with E-state index in [4.69, 9.17) is 5.26 Å². The third-order valence-electron chi connectivity index (χ3n) is 5.44. The number of amides is 2. The lowest BCUT2D eigenvalue weighted by Crippen LogP contribution is -2.44. The van der Waals surface area contributed by atoms with Crippen LogP contribution in [0.2, 0.25) is 0 Å². The van der Waals surface area contributed by atoms with Crippen LogP contribution in [0, 0.1) is 18.3 Å². The molecule has 8 nitrogen and oxygen atoms in total.